The lowest BCUT2D eigenvalue weighted by molar-refractivity contribution is 1.26. The number of benzene rings is 4. The van der Waals surface area contributed by atoms with Gasteiger partial charge in [-0.25, -0.2) is 9.97 Å². The summed E-state index contributed by atoms with van der Waals surface area (Å²) in [6, 6.07) is 30.9. The summed E-state index contributed by atoms with van der Waals surface area (Å²) in [4.78, 5) is 9.97. The third-order valence-electron chi connectivity index (χ3n) is 7.37. The molecule has 0 aliphatic heterocycles. The Balaban J connectivity index is 1.08. The Morgan fingerprint density at radius 2 is 0.917 bits per heavy atom. The Morgan fingerprint density at radius 1 is 0.472 bits per heavy atom. The van der Waals surface area contributed by atoms with Crippen LogP contribution in [0.1, 0.15) is 22.3 Å². The SMILES string of the molecule is c1ccc2c(c1)Cc1cc(-c3csc(-c4nc(-c5ccc6c(c5)Cc5ccccc5-6)cs4)n3)ccc1-2. The zero-order valence-electron chi connectivity index (χ0n) is 19.4. The van der Waals surface area contributed by atoms with E-state index >= 15 is 0 Å². The van der Waals surface area contributed by atoms with E-state index in [-0.39, 0.29) is 0 Å². The maximum atomic E-state index is 4.98. The summed E-state index contributed by atoms with van der Waals surface area (Å²) < 4.78 is 0. The first-order valence-corrected chi connectivity index (χ1v) is 13.9. The Hall–Kier alpha value is -3.86. The number of nitrogens with zero attached hydrogens (tertiary/aromatic N) is 2. The fourth-order valence-electron chi connectivity index (χ4n) is 5.62. The van der Waals surface area contributed by atoms with E-state index in [0.29, 0.717) is 0 Å². The second kappa shape index (κ2) is 7.82. The topological polar surface area (TPSA) is 25.8 Å². The van der Waals surface area contributed by atoms with Gasteiger partial charge in [0.1, 0.15) is 0 Å². The first-order chi connectivity index (χ1) is 17.8. The van der Waals surface area contributed by atoms with Crippen LogP contribution in [0.25, 0.3) is 54.8 Å². The van der Waals surface area contributed by atoms with Crippen molar-refractivity contribution in [3.8, 4) is 54.8 Å². The molecule has 0 atom stereocenters. The molecule has 4 aromatic carbocycles. The van der Waals surface area contributed by atoms with Crippen molar-refractivity contribution in [2.45, 2.75) is 12.8 Å². The molecule has 0 radical (unpaired) electrons. The molecule has 6 aromatic rings. The third kappa shape index (κ3) is 3.15. The van der Waals surface area contributed by atoms with E-state index in [9.17, 15) is 0 Å². The van der Waals surface area contributed by atoms with Crippen molar-refractivity contribution in [2.24, 2.45) is 0 Å². The molecule has 170 valence electrons. The Morgan fingerprint density at radius 3 is 1.42 bits per heavy atom. The second-order valence-electron chi connectivity index (χ2n) is 9.49. The van der Waals surface area contributed by atoms with Crippen molar-refractivity contribution in [2.75, 3.05) is 0 Å². The van der Waals surface area contributed by atoms with Crippen LogP contribution in [0.3, 0.4) is 0 Å². The second-order valence-corrected chi connectivity index (χ2v) is 11.2. The van der Waals surface area contributed by atoms with E-state index in [1.165, 1.54) is 55.6 Å². The van der Waals surface area contributed by atoms with Crippen LogP contribution in [0.5, 0.6) is 0 Å². The molecule has 2 aliphatic carbocycles. The van der Waals surface area contributed by atoms with Gasteiger partial charge in [0, 0.05) is 21.9 Å². The summed E-state index contributed by atoms with van der Waals surface area (Å²) in [5, 5.41) is 6.29. The minimum atomic E-state index is 0.985. The van der Waals surface area contributed by atoms with Crippen molar-refractivity contribution in [3.05, 3.63) is 118 Å². The van der Waals surface area contributed by atoms with Crippen LogP contribution in [0, 0.1) is 0 Å². The van der Waals surface area contributed by atoms with Gasteiger partial charge in [-0.05, 0) is 69.5 Å². The lowest BCUT2D eigenvalue weighted by atomic mass is 10.0. The van der Waals surface area contributed by atoms with E-state index in [0.717, 1.165) is 34.2 Å². The summed E-state index contributed by atoms with van der Waals surface area (Å²) in [7, 11) is 0. The highest BCUT2D eigenvalue weighted by atomic mass is 32.1. The molecule has 0 spiro atoms. The fraction of sp³-hybridized carbons (Fsp3) is 0.0625. The van der Waals surface area contributed by atoms with Crippen LogP contribution in [-0.2, 0) is 12.8 Å². The zero-order valence-corrected chi connectivity index (χ0v) is 21.0. The Labute approximate surface area is 217 Å². The van der Waals surface area contributed by atoms with Gasteiger partial charge in [-0.2, -0.15) is 0 Å². The highest BCUT2D eigenvalue weighted by Crippen LogP contribution is 2.41. The predicted molar refractivity (Wildman–Crippen MR) is 151 cm³/mol. The molecule has 36 heavy (non-hydrogen) atoms. The van der Waals surface area contributed by atoms with Gasteiger partial charge < -0.3 is 0 Å². The van der Waals surface area contributed by atoms with Gasteiger partial charge >= 0.3 is 0 Å². The number of fused-ring (bicyclic) bond motifs is 6. The third-order valence-corrected chi connectivity index (χ3v) is 9.20. The minimum Gasteiger partial charge on any atom is -0.233 e. The number of thiazole rings is 2. The van der Waals surface area contributed by atoms with Crippen molar-refractivity contribution in [1.29, 1.82) is 0 Å². The number of rotatable bonds is 3. The summed E-state index contributed by atoms with van der Waals surface area (Å²) in [6.45, 7) is 0. The first kappa shape index (κ1) is 20.3. The highest BCUT2D eigenvalue weighted by Gasteiger charge is 2.21. The molecule has 2 aromatic heterocycles. The smallest absolute Gasteiger partial charge is 0.152 e. The van der Waals surface area contributed by atoms with Crippen molar-refractivity contribution in [3.63, 3.8) is 0 Å². The summed E-state index contributed by atoms with van der Waals surface area (Å²) in [5.41, 5.74) is 15.5. The van der Waals surface area contributed by atoms with Gasteiger partial charge in [0.25, 0.3) is 0 Å². The molecule has 0 fully saturated rings. The largest absolute Gasteiger partial charge is 0.233 e. The first-order valence-electron chi connectivity index (χ1n) is 12.1. The molecule has 0 saturated heterocycles. The van der Waals surface area contributed by atoms with Crippen LogP contribution in [0.2, 0.25) is 0 Å². The van der Waals surface area contributed by atoms with Crippen LogP contribution >= 0.6 is 22.7 Å². The number of hydrogen-bond acceptors (Lipinski definition) is 4. The average molecular weight is 497 g/mol. The van der Waals surface area contributed by atoms with Gasteiger partial charge in [-0.1, -0.05) is 72.8 Å². The average Bonchev–Trinajstić information content (AvgIpc) is 3.71. The molecule has 2 heterocycles. The molecule has 0 bridgehead atoms. The molecule has 2 nitrogen and oxygen atoms in total. The monoisotopic (exact) mass is 496 g/mol. The van der Waals surface area contributed by atoms with Crippen LogP contribution in [0.4, 0.5) is 0 Å². The van der Waals surface area contributed by atoms with Crippen molar-refractivity contribution >= 4 is 22.7 Å². The molecule has 0 amide bonds. The molecule has 4 heteroatoms. The summed E-state index contributed by atoms with van der Waals surface area (Å²) >= 11 is 3.35. The maximum Gasteiger partial charge on any atom is 0.152 e. The quantitative estimate of drug-likeness (QED) is 0.244. The van der Waals surface area contributed by atoms with E-state index in [4.69, 9.17) is 9.97 Å². The maximum absolute atomic E-state index is 4.98. The van der Waals surface area contributed by atoms with E-state index in [2.05, 4.69) is 95.7 Å². The Bertz CT molecular complexity index is 1670. The van der Waals surface area contributed by atoms with E-state index < -0.39 is 0 Å². The van der Waals surface area contributed by atoms with Gasteiger partial charge in [-0.15, -0.1) is 22.7 Å². The lowest BCUT2D eigenvalue weighted by Gasteiger charge is -2.03. The molecular formula is C32H20N2S2. The van der Waals surface area contributed by atoms with E-state index in [1.54, 1.807) is 22.7 Å². The van der Waals surface area contributed by atoms with Gasteiger partial charge in [0.05, 0.1) is 11.4 Å². The molecule has 0 N–H and O–H groups in total. The van der Waals surface area contributed by atoms with E-state index in [1.807, 2.05) is 0 Å². The molecule has 8 rings (SSSR count). The standard InChI is InChI=1S/C32H20N2S2/c1-3-7-25-19(5-1)13-23-15-21(9-11-27(23)25)29-17-35-31(33-29)32-34-30(18-36-32)22-10-12-28-24(16-22)14-20-6-2-4-8-26(20)28/h1-12,15-18H,13-14H2. The molecule has 2 aliphatic rings. The molecule has 0 unspecified atom stereocenters. The van der Waals surface area contributed by atoms with Crippen LogP contribution in [-0.4, -0.2) is 9.97 Å². The number of hydrogen-bond donors (Lipinski definition) is 0. The molecular weight excluding hydrogens is 477 g/mol. The number of aromatic nitrogens is 2. The van der Waals surface area contributed by atoms with Gasteiger partial charge in [-0.3, -0.25) is 0 Å². The zero-order chi connectivity index (χ0) is 23.6. The Kier molecular flexibility index (Phi) is 4.42. The van der Waals surface area contributed by atoms with Crippen LogP contribution in [0.15, 0.2) is 95.7 Å². The predicted octanol–water partition coefficient (Wildman–Crippen LogP) is 8.74. The van der Waals surface area contributed by atoms with Crippen molar-refractivity contribution < 1.29 is 0 Å². The normalized spacial score (nSPS) is 12.8. The lowest BCUT2D eigenvalue weighted by Crippen LogP contribution is -1.85. The fourth-order valence-corrected chi connectivity index (χ4v) is 7.33. The van der Waals surface area contributed by atoms with Gasteiger partial charge in [0.2, 0.25) is 0 Å². The summed E-state index contributed by atoms with van der Waals surface area (Å²) in [6.07, 6.45) is 2.00. The van der Waals surface area contributed by atoms with Crippen LogP contribution < -0.4 is 0 Å². The van der Waals surface area contributed by atoms with Gasteiger partial charge in [0.15, 0.2) is 10.0 Å². The molecule has 0 saturated carbocycles. The minimum absolute atomic E-state index is 0.985. The van der Waals surface area contributed by atoms with Crippen molar-refractivity contribution in [1.82, 2.24) is 9.97 Å². The highest BCUT2D eigenvalue weighted by molar-refractivity contribution is 7.20. The summed E-state index contributed by atoms with van der Waals surface area (Å²) in [5.74, 6) is 0.